The SMILES string of the molecule is CCc1ccc(C(C)C)c(CCC=O)c1OC. The molecule has 0 N–H and O–H groups in total. The minimum atomic E-state index is 0.455. The Balaban J connectivity index is 3.27. The Morgan fingerprint density at radius 1 is 1.35 bits per heavy atom. The molecule has 0 heterocycles. The van der Waals surface area contributed by atoms with E-state index < -0.39 is 0 Å². The van der Waals surface area contributed by atoms with Crippen molar-refractivity contribution >= 4 is 6.29 Å². The maximum Gasteiger partial charge on any atom is 0.125 e. The summed E-state index contributed by atoms with van der Waals surface area (Å²) in [5.41, 5.74) is 3.72. The van der Waals surface area contributed by atoms with Crippen LogP contribution >= 0.6 is 0 Å². The average molecular weight is 234 g/mol. The molecule has 94 valence electrons. The second-order valence-corrected chi connectivity index (χ2v) is 4.54. The molecule has 0 aliphatic heterocycles. The molecule has 0 unspecified atom stereocenters. The normalized spacial score (nSPS) is 10.6. The molecule has 0 amide bonds. The fraction of sp³-hybridized carbons (Fsp3) is 0.533. The highest BCUT2D eigenvalue weighted by Crippen LogP contribution is 2.32. The first-order chi connectivity index (χ1) is 8.15. The molecule has 0 aliphatic rings. The van der Waals surface area contributed by atoms with Gasteiger partial charge in [-0.15, -0.1) is 0 Å². The van der Waals surface area contributed by atoms with Gasteiger partial charge in [0.25, 0.3) is 0 Å². The summed E-state index contributed by atoms with van der Waals surface area (Å²) in [5, 5.41) is 0. The lowest BCUT2D eigenvalue weighted by molar-refractivity contribution is -0.107. The topological polar surface area (TPSA) is 26.3 Å². The monoisotopic (exact) mass is 234 g/mol. The van der Waals surface area contributed by atoms with Crippen molar-refractivity contribution in [3.63, 3.8) is 0 Å². The van der Waals surface area contributed by atoms with Crippen molar-refractivity contribution < 1.29 is 9.53 Å². The molecule has 0 atom stereocenters. The van der Waals surface area contributed by atoms with E-state index in [0.29, 0.717) is 12.3 Å². The predicted molar refractivity (Wildman–Crippen MR) is 70.8 cm³/mol. The number of hydrogen-bond acceptors (Lipinski definition) is 2. The zero-order valence-corrected chi connectivity index (χ0v) is 11.2. The lowest BCUT2D eigenvalue weighted by Crippen LogP contribution is -2.03. The molecular weight excluding hydrogens is 212 g/mol. The zero-order valence-electron chi connectivity index (χ0n) is 11.2. The van der Waals surface area contributed by atoms with Crippen LogP contribution in [0.2, 0.25) is 0 Å². The van der Waals surface area contributed by atoms with Crippen LogP contribution in [0.4, 0.5) is 0 Å². The van der Waals surface area contributed by atoms with Crippen LogP contribution in [0.15, 0.2) is 12.1 Å². The van der Waals surface area contributed by atoms with Crippen LogP contribution in [0.5, 0.6) is 5.75 Å². The predicted octanol–water partition coefficient (Wildman–Crippen LogP) is 3.51. The number of aldehydes is 1. The molecule has 0 aliphatic carbocycles. The molecule has 0 saturated heterocycles. The number of carbonyl (C=O) groups is 1. The molecule has 2 nitrogen and oxygen atoms in total. The maximum absolute atomic E-state index is 10.6. The molecule has 0 spiro atoms. The highest BCUT2D eigenvalue weighted by Gasteiger charge is 2.14. The summed E-state index contributed by atoms with van der Waals surface area (Å²) in [7, 11) is 1.71. The fourth-order valence-corrected chi connectivity index (χ4v) is 2.23. The van der Waals surface area contributed by atoms with E-state index in [0.717, 1.165) is 24.9 Å². The fourth-order valence-electron chi connectivity index (χ4n) is 2.23. The molecule has 0 fully saturated rings. The Morgan fingerprint density at radius 3 is 2.53 bits per heavy atom. The molecule has 0 bridgehead atoms. The van der Waals surface area contributed by atoms with Crippen molar-refractivity contribution in [2.45, 2.75) is 46.0 Å². The van der Waals surface area contributed by atoms with Crippen LogP contribution in [-0.4, -0.2) is 13.4 Å². The molecule has 2 heteroatoms. The van der Waals surface area contributed by atoms with Crippen molar-refractivity contribution in [3.8, 4) is 5.75 Å². The lowest BCUT2D eigenvalue weighted by atomic mass is 9.91. The zero-order chi connectivity index (χ0) is 12.8. The Morgan fingerprint density at radius 2 is 2.06 bits per heavy atom. The van der Waals surface area contributed by atoms with Crippen LogP contribution in [0.3, 0.4) is 0 Å². The first-order valence-corrected chi connectivity index (χ1v) is 6.27. The third kappa shape index (κ3) is 3.09. The standard InChI is InChI=1S/C15H22O2/c1-5-12-8-9-13(11(2)3)14(7-6-10-16)15(12)17-4/h8-11H,5-7H2,1-4H3. The summed E-state index contributed by atoms with van der Waals surface area (Å²) in [4.78, 5) is 10.6. The third-order valence-electron chi connectivity index (χ3n) is 3.10. The summed E-state index contributed by atoms with van der Waals surface area (Å²) in [6.07, 6.45) is 3.26. The summed E-state index contributed by atoms with van der Waals surface area (Å²) in [6, 6.07) is 4.31. The Hall–Kier alpha value is -1.31. The van der Waals surface area contributed by atoms with E-state index in [1.165, 1.54) is 16.7 Å². The van der Waals surface area contributed by atoms with Gasteiger partial charge in [-0.1, -0.05) is 32.9 Å². The van der Waals surface area contributed by atoms with Crippen LogP contribution in [-0.2, 0) is 17.6 Å². The number of carbonyl (C=O) groups excluding carboxylic acids is 1. The van der Waals surface area contributed by atoms with Crippen LogP contribution in [0, 0.1) is 0 Å². The lowest BCUT2D eigenvalue weighted by Gasteiger charge is -2.18. The van der Waals surface area contributed by atoms with Crippen molar-refractivity contribution in [3.05, 3.63) is 28.8 Å². The molecule has 0 aromatic heterocycles. The van der Waals surface area contributed by atoms with Crippen molar-refractivity contribution in [1.29, 1.82) is 0 Å². The minimum Gasteiger partial charge on any atom is -0.496 e. The molecule has 0 saturated carbocycles. The molecule has 0 radical (unpaired) electrons. The average Bonchev–Trinajstić information content (AvgIpc) is 2.34. The molecule has 17 heavy (non-hydrogen) atoms. The summed E-state index contributed by atoms with van der Waals surface area (Å²) >= 11 is 0. The van der Waals surface area contributed by atoms with Crippen LogP contribution < -0.4 is 4.74 Å². The van der Waals surface area contributed by atoms with Crippen LogP contribution in [0.25, 0.3) is 0 Å². The Bertz CT molecular complexity index is 381. The number of rotatable bonds is 6. The third-order valence-corrected chi connectivity index (χ3v) is 3.10. The number of benzene rings is 1. The number of aryl methyl sites for hydroxylation is 1. The number of ether oxygens (including phenoxy) is 1. The van der Waals surface area contributed by atoms with Crippen molar-refractivity contribution in [2.75, 3.05) is 7.11 Å². The van der Waals surface area contributed by atoms with E-state index in [-0.39, 0.29) is 0 Å². The van der Waals surface area contributed by atoms with Crippen molar-refractivity contribution in [2.24, 2.45) is 0 Å². The van der Waals surface area contributed by atoms with Gasteiger partial charge in [0.15, 0.2) is 0 Å². The van der Waals surface area contributed by atoms with Gasteiger partial charge < -0.3 is 9.53 Å². The van der Waals surface area contributed by atoms with E-state index >= 15 is 0 Å². The van der Waals surface area contributed by atoms with E-state index in [2.05, 4.69) is 32.9 Å². The largest absolute Gasteiger partial charge is 0.496 e. The summed E-state index contributed by atoms with van der Waals surface area (Å²) in [6.45, 7) is 6.46. The summed E-state index contributed by atoms with van der Waals surface area (Å²) in [5.74, 6) is 1.43. The van der Waals surface area contributed by atoms with Gasteiger partial charge in [-0.3, -0.25) is 0 Å². The first-order valence-electron chi connectivity index (χ1n) is 6.27. The molecule has 1 aromatic carbocycles. The number of hydrogen-bond donors (Lipinski definition) is 0. The Labute approximate surface area is 104 Å². The minimum absolute atomic E-state index is 0.455. The van der Waals surface area contributed by atoms with E-state index in [1.807, 2.05) is 0 Å². The van der Waals surface area contributed by atoms with Crippen molar-refractivity contribution in [1.82, 2.24) is 0 Å². The van der Waals surface area contributed by atoms with Gasteiger partial charge in [-0.05, 0) is 35.4 Å². The van der Waals surface area contributed by atoms with Gasteiger partial charge in [0.05, 0.1) is 7.11 Å². The second-order valence-electron chi connectivity index (χ2n) is 4.54. The molecular formula is C15H22O2. The smallest absolute Gasteiger partial charge is 0.125 e. The van der Waals surface area contributed by atoms with Gasteiger partial charge in [0, 0.05) is 6.42 Å². The maximum atomic E-state index is 10.6. The number of methoxy groups -OCH3 is 1. The second kappa shape index (κ2) is 6.43. The van der Waals surface area contributed by atoms with Gasteiger partial charge >= 0.3 is 0 Å². The van der Waals surface area contributed by atoms with E-state index in [9.17, 15) is 4.79 Å². The van der Waals surface area contributed by atoms with Crippen LogP contribution in [0.1, 0.15) is 49.8 Å². The van der Waals surface area contributed by atoms with Gasteiger partial charge in [-0.2, -0.15) is 0 Å². The Kier molecular flexibility index (Phi) is 5.20. The van der Waals surface area contributed by atoms with E-state index in [1.54, 1.807) is 7.11 Å². The van der Waals surface area contributed by atoms with E-state index in [4.69, 9.17) is 4.74 Å². The highest BCUT2D eigenvalue weighted by molar-refractivity contribution is 5.53. The molecule has 1 aromatic rings. The van der Waals surface area contributed by atoms with Gasteiger partial charge in [0.2, 0.25) is 0 Å². The van der Waals surface area contributed by atoms with Gasteiger partial charge in [0.1, 0.15) is 12.0 Å². The summed E-state index contributed by atoms with van der Waals surface area (Å²) < 4.78 is 5.54. The van der Waals surface area contributed by atoms with Gasteiger partial charge in [-0.25, -0.2) is 0 Å². The quantitative estimate of drug-likeness (QED) is 0.704. The highest BCUT2D eigenvalue weighted by atomic mass is 16.5. The molecule has 1 rings (SSSR count). The first kappa shape index (κ1) is 13.8.